The van der Waals surface area contributed by atoms with Crippen LogP contribution in [0.15, 0.2) is 12.2 Å². The number of esters is 1. The minimum absolute atomic E-state index is 0.183. The number of allylic oxidation sites excluding steroid dienone is 1. The van der Waals surface area contributed by atoms with Gasteiger partial charge < -0.3 is 4.74 Å². The average Bonchev–Trinajstić information content (AvgIpc) is 1.80. The molecule has 0 aromatic heterocycles. The van der Waals surface area contributed by atoms with Gasteiger partial charge in [0, 0.05) is 13.0 Å². The normalized spacial score (nSPS) is 8.89. The Balaban J connectivity index is 3.22. The molecule has 0 saturated heterocycles. The molecule has 0 radical (unpaired) electrons. The zero-order chi connectivity index (χ0) is 7.11. The second-order valence-corrected chi connectivity index (χ2v) is 1.33. The highest BCUT2D eigenvalue weighted by atomic mass is 16.5. The first-order valence-corrected chi connectivity index (χ1v) is 2.45. The number of hydrogen-bond donors (Lipinski definition) is 0. The molecular formula is C6H7NO2. The number of ether oxygens (including phenoxy) is 1. The molecule has 0 spiro atoms. The molecule has 0 aromatic rings. The van der Waals surface area contributed by atoms with Crippen molar-refractivity contribution in [3.63, 3.8) is 0 Å². The lowest BCUT2D eigenvalue weighted by molar-refractivity contribution is -0.139. The molecule has 0 aliphatic heterocycles. The van der Waals surface area contributed by atoms with Gasteiger partial charge >= 0.3 is 5.97 Å². The smallest absolute Gasteiger partial charge is 0.302 e. The van der Waals surface area contributed by atoms with Gasteiger partial charge in [-0.25, -0.2) is 0 Å². The van der Waals surface area contributed by atoms with E-state index in [9.17, 15) is 4.79 Å². The van der Waals surface area contributed by atoms with Gasteiger partial charge in [0.1, 0.15) is 6.61 Å². The summed E-state index contributed by atoms with van der Waals surface area (Å²) in [7, 11) is 0. The van der Waals surface area contributed by atoms with Crippen LogP contribution in [0.25, 0.3) is 0 Å². The molecular weight excluding hydrogens is 118 g/mol. The zero-order valence-electron chi connectivity index (χ0n) is 5.13. The van der Waals surface area contributed by atoms with Crippen LogP contribution < -0.4 is 0 Å². The van der Waals surface area contributed by atoms with Gasteiger partial charge in [-0.1, -0.05) is 0 Å². The molecule has 0 amide bonds. The van der Waals surface area contributed by atoms with Crippen LogP contribution in [-0.2, 0) is 9.53 Å². The lowest BCUT2D eigenvalue weighted by Crippen LogP contribution is -1.96. The summed E-state index contributed by atoms with van der Waals surface area (Å²) in [6, 6.07) is 1.77. The van der Waals surface area contributed by atoms with Gasteiger partial charge in [-0.2, -0.15) is 5.26 Å². The molecule has 0 aliphatic carbocycles. The van der Waals surface area contributed by atoms with Crippen molar-refractivity contribution in [2.75, 3.05) is 6.61 Å². The minimum atomic E-state index is -0.336. The maximum Gasteiger partial charge on any atom is 0.302 e. The van der Waals surface area contributed by atoms with Crippen LogP contribution in [0, 0.1) is 11.3 Å². The van der Waals surface area contributed by atoms with E-state index in [0.29, 0.717) is 0 Å². The van der Waals surface area contributed by atoms with Crippen molar-refractivity contribution in [3.05, 3.63) is 12.2 Å². The number of hydrogen-bond acceptors (Lipinski definition) is 3. The van der Waals surface area contributed by atoms with Crippen LogP contribution in [-0.4, -0.2) is 12.6 Å². The van der Waals surface area contributed by atoms with E-state index in [1.807, 2.05) is 0 Å². The Bertz CT molecular complexity index is 155. The van der Waals surface area contributed by atoms with E-state index in [-0.39, 0.29) is 12.6 Å². The fraction of sp³-hybridized carbons (Fsp3) is 0.333. The van der Waals surface area contributed by atoms with Crippen LogP contribution >= 0.6 is 0 Å². The van der Waals surface area contributed by atoms with Crippen molar-refractivity contribution in [1.82, 2.24) is 0 Å². The van der Waals surface area contributed by atoms with E-state index in [2.05, 4.69) is 4.74 Å². The van der Waals surface area contributed by atoms with Crippen LogP contribution in [0.1, 0.15) is 6.92 Å². The SMILES string of the molecule is CC(=O)OC/C=C/C#N. The highest BCUT2D eigenvalue weighted by molar-refractivity contribution is 5.65. The van der Waals surface area contributed by atoms with Crippen molar-refractivity contribution in [2.24, 2.45) is 0 Å². The standard InChI is InChI=1S/C6H7NO2/c1-6(8)9-5-3-2-4-7/h2-3H,5H2,1H3/b3-2+. The number of nitriles is 1. The lowest BCUT2D eigenvalue weighted by Gasteiger charge is -1.91. The van der Waals surface area contributed by atoms with Crippen molar-refractivity contribution in [3.8, 4) is 6.07 Å². The molecule has 0 atom stereocenters. The molecule has 48 valence electrons. The molecule has 0 aliphatic rings. The fourth-order valence-electron chi connectivity index (χ4n) is 0.266. The van der Waals surface area contributed by atoms with Crippen molar-refractivity contribution in [1.29, 1.82) is 5.26 Å². The molecule has 0 bridgehead atoms. The molecule has 0 N–H and O–H groups in total. The van der Waals surface area contributed by atoms with Crippen molar-refractivity contribution >= 4 is 5.97 Å². The average molecular weight is 125 g/mol. The predicted octanol–water partition coefficient (Wildman–Crippen LogP) is 0.629. The summed E-state index contributed by atoms with van der Waals surface area (Å²) in [5.74, 6) is -0.336. The summed E-state index contributed by atoms with van der Waals surface area (Å²) in [5.41, 5.74) is 0. The molecule has 3 nitrogen and oxygen atoms in total. The third kappa shape index (κ3) is 6.70. The lowest BCUT2D eigenvalue weighted by atomic mass is 10.5. The maximum atomic E-state index is 10.1. The summed E-state index contributed by atoms with van der Waals surface area (Å²) in [6.45, 7) is 1.50. The Hall–Kier alpha value is -1.30. The van der Waals surface area contributed by atoms with Gasteiger partial charge in [-0.3, -0.25) is 4.79 Å². The molecule has 9 heavy (non-hydrogen) atoms. The molecule has 0 rings (SSSR count). The number of carbonyl (C=O) groups is 1. The number of rotatable bonds is 2. The summed E-state index contributed by atoms with van der Waals surface area (Å²) >= 11 is 0. The topological polar surface area (TPSA) is 50.1 Å². The predicted molar refractivity (Wildman–Crippen MR) is 31.4 cm³/mol. The molecule has 0 aromatic carbocycles. The second-order valence-electron chi connectivity index (χ2n) is 1.33. The molecule has 3 heteroatoms. The van der Waals surface area contributed by atoms with Gasteiger partial charge in [0.05, 0.1) is 6.07 Å². The summed E-state index contributed by atoms with van der Waals surface area (Å²) in [4.78, 5) is 10.1. The van der Waals surface area contributed by atoms with Crippen LogP contribution in [0.4, 0.5) is 0 Å². The van der Waals surface area contributed by atoms with Gasteiger partial charge in [0.15, 0.2) is 0 Å². The van der Waals surface area contributed by atoms with E-state index < -0.39 is 0 Å². The highest BCUT2D eigenvalue weighted by Crippen LogP contribution is 1.76. The Labute approximate surface area is 53.5 Å². The van der Waals surface area contributed by atoms with Crippen LogP contribution in [0.5, 0.6) is 0 Å². The first-order chi connectivity index (χ1) is 4.27. The Morgan fingerprint density at radius 2 is 2.56 bits per heavy atom. The Kier molecular flexibility index (Phi) is 4.15. The maximum absolute atomic E-state index is 10.1. The van der Waals surface area contributed by atoms with Crippen molar-refractivity contribution in [2.45, 2.75) is 6.92 Å². The summed E-state index contributed by atoms with van der Waals surface area (Å²) in [5, 5.41) is 7.95. The quantitative estimate of drug-likeness (QED) is 0.401. The third-order valence-electron chi connectivity index (χ3n) is 0.575. The monoisotopic (exact) mass is 125 g/mol. The fourth-order valence-corrected chi connectivity index (χ4v) is 0.266. The van der Waals surface area contributed by atoms with E-state index in [1.165, 1.54) is 19.1 Å². The Morgan fingerprint density at radius 3 is 3.00 bits per heavy atom. The summed E-state index contributed by atoms with van der Waals surface area (Å²) < 4.78 is 4.47. The first kappa shape index (κ1) is 7.70. The molecule has 0 saturated carbocycles. The Morgan fingerprint density at radius 1 is 1.89 bits per heavy atom. The minimum Gasteiger partial charge on any atom is -0.462 e. The van der Waals surface area contributed by atoms with E-state index >= 15 is 0 Å². The van der Waals surface area contributed by atoms with E-state index in [4.69, 9.17) is 5.26 Å². The number of nitrogens with zero attached hydrogens (tertiary/aromatic N) is 1. The molecule has 0 fully saturated rings. The van der Waals surface area contributed by atoms with Gasteiger partial charge in [-0.15, -0.1) is 0 Å². The van der Waals surface area contributed by atoms with Gasteiger partial charge in [0.2, 0.25) is 0 Å². The largest absolute Gasteiger partial charge is 0.462 e. The van der Waals surface area contributed by atoms with Gasteiger partial charge in [-0.05, 0) is 6.08 Å². The van der Waals surface area contributed by atoms with Crippen molar-refractivity contribution < 1.29 is 9.53 Å². The van der Waals surface area contributed by atoms with Crippen LogP contribution in [0.2, 0.25) is 0 Å². The molecule has 0 unspecified atom stereocenters. The highest BCUT2D eigenvalue weighted by Gasteiger charge is 1.84. The number of carbonyl (C=O) groups excluding carboxylic acids is 1. The first-order valence-electron chi connectivity index (χ1n) is 2.45. The molecule has 0 heterocycles. The third-order valence-corrected chi connectivity index (χ3v) is 0.575. The van der Waals surface area contributed by atoms with Crippen LogP contribution in [0.3, 0.4) is 0 Å². The van der Waals surface area contributed by atoms with E-state index in [0.717, 1.165) is 0 Å². The van der Waals surface area contributed by atoms with E-state index in [1.54, 1.807) is 6.07 Å². The van der Waals surface area contributed by atoms with Gasteiger partial charge in [0.25, 0.3) is 0 Å². The second kappa shape index (κ2) is 4.85. The zero-order valence-corrected chi connectivity index (χ0v) is 5.13. The summed E-state index contributed by atoms with van der Waals surface area (Å²) in [6.07, 6.45) is 2.74.